The van der Waals surface area contributed by atoms with Crippen molar-refractivity contribution < 1.29 is 9.18 Å². The highest BCUT2D eigenvalue weighted by Crippen LogP contribution is 2.34. The van der Waals surface area contributed by atoms with Crippen LogP contribution in [0, 0.1) is 5.82 Å². The molecule has 2 aromatic carbocycles. The summed E-state index contributed by atoms with van der Waals surface area (Å²) in [5.41, 5.74) is 10.6. The summed E-state index contributed by atoms with van der Waals surface area (Å²) in [5.74, 6) is -0.497. The molecule has 0 saturated heterocycles. The predicted molar refractivity (Wildman–Crippen MR) is 109 cm³/mol. The van der Waals surface area contributed by atoms with Crippen LogP contribution in [0.15, 0.2) is 60.8 Å². The standard InChI is InChI=1S/C21H18FN5O/c1-24-21(28)14-4-2-3-5-17(14)26-19-15-10-18(12-6-8-13(22)9-7-12)27-20(15)25-11-16(19)23/h2-11H,23H2,1H3,(H,24,28)(H2,25,26,27). The van der Waals surface area contributed by atoms with Crippen molar-refractivity contribution in [2.75, 3.05) is 18.1 Å². The first-order chi connectivity index (χ1) is 13.6. The molecule has 4 rings (SSSR count). The van der Waals surface area contributed by atoms with Crippen LogP contribution in [0.4, 0.5) is 21.5 Å². The van der Waals surface area contributed by atoms with E-state index in [0.29, 0.717) is 28.3 Å². The van der Waals surface area contributed by atoms with E-state index in [0.717, 1.165) is 16.6 Å². The number of hydrogen-bond donors (Lipinski definition) is 4. The average Bonchev–Trinajstić information content (AvgIpc) is 3.15. The van der Waals surface area contributed by atoms with E-state index in [1.165, 1.54) is 12.1 Å². The van der Waals surface area contributed by atoms with Gasteiger partial charge in [-0.15, -0.1) is 0 Å². The molecule has 28 heavy (non-hydrogen) atoms. The molecule has 0 aliphatic rings. The lowest BCUT2D eigenvalue weighted by Crippen LogP contribution is -2.19. The van der Waals surface area contributed by atoms with E-state index < -0.39 is 0 Å². The van der Waals surface area contributed by atoms with E-state index in [9.17, 15) is 9.18 Å². The van der Waals surface area contributed by atoms with Gasteiger partial charge in [0.05, 0.1) is 28.8 Å². The van der Waals surface area contributed by atoms with Crippen LogP contribution < -0.4 is 16.4 Å². The minimum Gasteiger partial charge on any atom is -0.396 e. The SMILES string of the molecule is CNC(=O)c1ccccc1Nc1c(N)cnc2[nH]c(-c3ccc(F)cc3)cc12. The number of benzene rings is 2. The summed E-state index contributed by atoms with van der Waals surface area (Å²) in [7, 11) is 1.58. The Bertz CT molecular complexity index is 1170. The molecule has 2 heterocycles. The lowest BCUT2D eigenvalue weighted by molar-refractivity contribution is 0.0964. The molecule has 0 saturated carbocycles. The van der Waals surface area contributed by atoms with Gasteiger partial charge in [0.1, 0.15) is 11.5 Å². The van der Waals surface area contributed by atoms with E-state index in [2.05, 4.69) is 20.6 Å². The first-order valence-electron chi connectivity index (χ1n) is 8.68. The molecule has 6 nitrogen and oxygen atoms in total. The molecular formula is C21H18FN5O. The van der Waals surface area contributed by atoms with Gasteiger partial charge in [0.15, 0.2) is 0 Å². The third-order valence-electron chi connectivity index (χ3n) is 4.50. The number of carbonyl (C=O) groups excluding carboxylic acids is 1. The molecule has 7 heteroatoms. The summed E-state index contributed by atoms with van der Waals surface area (Å²) in [4.78, 5) is 19.7. The Morgan fingerprint density at radius 3 is 2.64 bits per heavy atom. The van der Waals surface area contributed by atoms with Gasteiger partial charge in [0.25, 0.3) is 5.91 Å². The fourth-order valence-corrected chi connectivity index (χ4v) is 3.07. The number of hydrogen-bond acceptors (Lipinski definition) is 4. The monoisotopic (exact) mass is 375 g/mol. The van der Waals surface area contributed by atoms with Crippen molar-refractivity contribution in [3.05, 3.63) is 72.2 Å². The highest BCUT2D eigenvalue weighted by molar-refractivity contribution is 6.04. The van der Waals surface area contributed by atoms with Crippen LogP contribution in [0.1, 0.15) is 10.4 Å². The van der Waals surface area contributed by atoms with Gasteiger partial charge in [0.2, 0.25) is 0 Å². The van der Waals surface area contributed by atoms with Crippen molar-refractivity contribution in [3.63, 3.8) is 0 Å². The Labute approximate surface area is 160 Å². The molecule has 2 aromatic heterocycles. The molecule has 1 amide bonds. The summed E-state index contributed by atoms with van der Waals surface area (Å²) in [6.45, 7) is 0. The maximum absolute atomic E-state index is 13.2. The van der Waals surface area contributed by atoms with Gasteiger partial charge in [-0.3, -0.25) is 4.79 Å². The predicted octanol–water partition coefficient (Wildman–Crippen LogP) is 4.05. The zero-order valence-electron chi connectivity index (χ0n) is 15.1. The van der Waals surface area contributed by atoms with Crippen LogP contribution in [0.2, 0.25) is 0 Å². The molecule has 0 bridgehead atoms. The number of aromatic nitrogens is 2. The minimum atomic E-state index is -0.296. The van der Waals surface area contributed by atoms with Crippen molar-refractivity contribution in [3.8, 4) is 11.3 Å². The molecule has 4 aromatic rings. The lowest BCUT2D eigenvalue weighted by atomic mass is 10.1. The van der Waals surface area contributed by atoms with E-state index in [4.69, 9.17) is 5.73 Å². The number of H-pyrrole nitrogens is 1. The highest BCUT2D eigenvalue weighted by atomic mass is 19.1. The topological polar surface area (TPSA) is 95.8 Å². The second-order valence-electron chi connectivity index (χ2n) is 6.29. The van der Waals surface area contributed by atoms with E-state index >= 15 is 0 Å². The molecule has 0 atom stereocenters. The zero-order chi connectivity index (χ0) is 19.7. The van der Waals surface area contributed by atoms with Gasteiger partial charge in [-0.1, -0.05) is 12.1 Å². The molecule has 0 fully saturated rings. The van der Waals surface area contributed by atoms with Crippen LogP contribution in [0.3, 0.4) is 0 Å². The van der Waals surface area contributed by atoms with Crippen LogP contribution in [0.5, 0.6) is 0 Å². The van der Waals surface area contributed by atoms with E-state index in [1.54, 1.807) is 37.5 Å². The van der Waals surface area contributed by atoms with E-state index in [1.807, 2.05) is 18.2 Å². The zero-order valence-corrected chi connectivity index (χ0v) is 15.1. The Balaban J connectivity index is 1.81. The second kappa shape index (κ2) is 7.03. The summed E-state index contributed by atoms with van der Waals surface area (Å²) < 4.78 is 13.2. The first-order valence-corrected chi connectivity index (χ1v) is 8.68. The van der Waals surface area contributed by atoms with Crippen molar-refractivity contribution in [1.29, 1.82) is 0 Å². The molecule has 0 radical (unpaired) electrons. The molecular weight excluding hydrogens is 357 g/mol. The van der Waals surface area contributed by atoms with Crippen molar-refractivity contribution in [2.45, 2.75) is 0 Å². The third-order valence-corrected chi connectivity index (χ3v) is 4.50. The Morgan fingerprint density at radius 2 is 1.89 bits per heavy atom. The second-order valence-corrected chi connectivity index (χ2v) is 6.29. The summed E-state index contributed by atoms with van der Waals surface area (Å²) in [6.07, 6.45) is 1.55. The highest BCUT2D eigenvalue weighted by Gasteiger charge is 2.15. The maximum atomic E-state index is 13.2. The number of halogens is 1. The number of nitrogens with zero attached hydrogens (tertiary/aromatic N) is 1. The number of rotatable bonds is 4. The number of amides is 1. The molecule has 5 N–H and O–H groups in total. The normalized spacial score (nSPS) is 10.8. The van der Waals surface area contributed by atoms with Gasteiger partial charge in [-0.05, 0) is 48.0 Å². The number of nitrogens with two attached hydrogens (primary N) is 1. The van der Waals surface area contributed by atoms with Crippen LogP contribution in [-0.2, 0) is 0 Å². The average molecular weight is 375 g/mol. The number of nitrogen functional groups attached to an aromatic ring is 1. The largest absolute Gasteiger partial charge is 0.396 e. The van der Waals surface area contributed by atoms with Crippen LogP contribution >= 0.6 is 0 Å². The quantitative estimate of drug-likeness (QED) is 0.433. The Kier molecular flexibility index (Phi) is 4.41. The third kappa shape index (κ3) is 3.14. The van der Waals surface area contributed by atoms with Crippen molar-refractivity contribution >= 4 is 34.0 Å². The molecule has 0 unspecified atom stereocenters. The van der Waals surface area contributed by atoms with Crippen molar-refractivity contribution in [2.24, 2.45) is 0 Å². The number of aromatic amines is 1. The fourth-order valence-electron chi connectivity index (χ4n) is 3.07. The van der Waals surface area contributed by atoms with Gasteiger partial charge in [-0.25, -0.2) is 9.37 Å². The van der Waals surface area contributed by atoms with Crippen LogP contribution in [-0.4, -0.2) is 22.9 Å². The van der Waals surface area contributed by atoms with E-state index in [-0.39, 0.29) is 11.7 Å². The Morgan fingerprint density at radius 1 is 1.14 bits per heavy atom. The Hall–Kier alpha value is -3.87. The summed E-state index contributed by atoms with van der Waals surface area (Å²) >= 11 is 0. The number of fused-ring (bicyclic) bond motifs is 1. The van der Waals surface area contributed by atoms with Gasteiger partial charge in [0, 0.05) is 18.1 Å². The molecule has 0 aliphatic heterocycles. The number of carbonyl (C=O) groups is 1. The summed E-state index contributed by atoms with van der Waals surface area (Å²) in [5, 5.41) is 6.67. The molecule has 140 valence electrons. The smallest absolute Gasteiger partial charge is 0.253 e. The fraction of sp³-hybridized carbons (Fsp3) is 0.0476. The van der Waals surface area contributed by atoms with Crippen LogP contribution in [0.25, 0.3) is 22.3 Å². The lowest BCUT2D eigenvalue weighted by Gasteiger charge is -2.13. The number of nitrogens with one attached hydrogen (secondary N) is 3. The minimum absolute atomic E-state index is 0.201. The number of pyridine rings is 1. The molecule has 0 spiro atoms. The molecule has 0 aliphatic carbocycles. The van der Waals surface area contributed by atoms with Crippen molar-refractivity contribution in [1.82, 2.24) is 15.3 Å². The van der Waals surface area contributed by atoms with Gasteiger partial charge >= 0.3 is 0 Å². The number of anilines is 3. The van der Waals surface area contributed by atoms with Gasteiger partial charge < -0.3 is 21.4 Å². The first kappa shape index (κ1) is 17.5. The summed E-state index contributed by atoms with van der Waals surface area (Å²) in [6, 6.07) is 15.3. The maximum Gasteiger partial charge on any atom is 0.253 e. The van der Waals surface area contributed by atoms with Gasteiger partial charge in [-0.2, -0.15) is 0 Å². The number of para-hydroxylation sites is 1.